The highest BCUT2D eigenvalue weighted by molar-refractivity contribution is 7.90. The number of nitrogens with zero attached hydrogens (tertiary/aromatic N) is 3. The number of piperazine rings is 1. The Morgan fingerprint density at radius 1 is 1.23 bits per heavy atom. The minimum absolute atomic E-state index is 0.0112. The molecule has 3 rings (SSSR count). The Morgan fingerprint density at radius 2 is 1.87 bits per heavy atom. The Bertz CT molecular complexity index is 969. The third-order valence-corrected chi connectivity index (χ3v) is 6.25. The molecule has 2 aliphatic heterocycles. The lowest BCUT2D eigenvalue weighted by Crippen LogP contribution is -2.70. The van der Waals surface area contributed by atoms with Crippen LogP contribution in [0.1, 0.15) is 23.7 Å². The van der Waals surface area contributed by atoms with Gasteiger partial charge in [-0.15, -0.1) is 0 Å². The second kappa shape index (κ2) is 8.77. The van der Waals surface area contributed by atoms with Crippen LogP contribution in [0.3, 0.4) is 0 Å². The molecule has 1 aromatic rings. The standard InChI is InChI=1S/C19H23F2N3O6S/c1-12-17(26)22(9-10-31(2,28)29)11-15-23(8-7-16(25)24(12)15)18(27)13-3-5-14(6-4-13)30-19(20)21/h3-6,12,15,19H,7-11H2,1-2H3. The van der Waals surface area contributed by atoms with Crippen LogP contribution in [-0.2, 0) is 19.4 Å². The molecule has 0 aromatic heterocycles. The average molecular weight is 459 g/mol. The lowest BCUT2D eigenvalue weighted by molar-refractivity contribution is -0.165. The molecule has 3 amide bonds. The van der Waals surface area contributed by atoms with Crippen LogP contribution in [0, 0.1) is 0 Å². The summed E-state index contributed by atoms with van der Waals surface area (Å²) >= 11 is 0. The quantitative estimate of drug-likeness (QED) is 0.616. The summed E-state index contributed by atoms with van der Waals surface area (Å²) < 4.78 is 52.0. The zero-order valence-corrected chi connectivity index (χ0v) is 17.8. The summed E-state index contributed by atoms with van der Waals surface area (Å²) in [5, 5.41) is 0. The van der Waals surface area contributed by atoms with E-state index < -0.39 is 34.6 Å². The van der Waals surface area contributed by atoms with E-state index in [9.17, 15) is 31.6 Å². The number of amides is 3. The van der Waals surface area contributed by atoms with Crippen LogP contribution in [-0.4, -0.2) is 91.3 Å². The predicted molar refractivity (Wildman–Crippen MR) is 105 cm³/mol. The number of carbonyl (C=O) groups is 3. The molecular weight excluding hydrogens is 436 g/mol. The van der Waals surface area contributed by atoms with Gasteiger partial charge in [-0.1, -0.05) is 0 Å². The lowest BCUT2D eigenvalue weighted by atomic mass is 10.0. The fourth-order valence-electron chi connectivity index (χ4n) is 3.80. The van der Waals surface area contributed by atoms with Crippen LogP contribution >= 0.6 is 0 Å². The largest absolute Gasteiger partial charge is 0.435 e. The molecule has 0 spiro atoms. The van der Waals surface area contributed by atoms with Crippen LogP contribution in [0.15, 0.2) is 24.3 Å². The van der Waals surface area contributed by atoms with Gasteiger partial charge in [-0.2, -0.15) is 8.78 Å². The second-order valence-electron chi connectivity index (χ2n) is 7.52. The van der Waals surface area contributed by atoms with Gasteiger partial charge in [-0.25, -0.2) is 8.42 Å². The number of alkyl halides is 2. The maximum atomic E-state index is 13.1. The van der Waals surface area contributed by atoms with E-state index in [-0.39, 0.29) is 54.9 Å². The number of carbonyl (C=O) groups excluding carboxylic acids is 3. The molecular formula is C19H23F2N3O6S. The molecule has 0 aliphatic carbocycles. The fourth-order valence-corrected chi connectivity index (χ4v) is 4.35. The van der Waals surface area contributed by atoms with E-state index >= 15 is 0 Å². The summed E-state index contributed by atoms with van der Waals surface area (Å²) in [4.78, 5) is 42.4. The van der Waals surface area contributed by atoms with E-state index in [1.54, 1.807) is 6.92 Å². The molecule has 2 heterocycles. The number of rotatable bonds is 6. The second-order valence-corrected chi connectivity index (χ2v) is 9.78. The summed E-state index contributed by atoms with van der Waals surface area (Å²) in [6.45, 7) is -1.37. The summed E-state index contributed by atoms with van der Waals surface area (Å²) in [6, 6.07) is 4.34. The SMILES string of the molecule is CC1C(=O)N(CCS(C)(=O)=O)CC2N(C(=O)c3ccc(OC(F)F)cc3)CCC(=O)N12. The molecule has 2 aliphatic rings. The highest BCUT2D eigenvalue weighted by atomic mass is 32.2. The van der Waals surface area contributed by atoms with Crippen molar-refractivity contribution in [2.75, 3.05) is 31.6 Å². The molecule has 2 atom stereocenters. The third kappa shape index (κ3) is 5.12. The minimum Gasteiger partial charge on any atom is -0.435 e. The van der Waals surface area contributed by atoms with Crippen molar-refractivity contribution in [3.05, 3.63) is 29.8 Å². The first-order valence-electron chi connectivity index (χ1n) is 9.61. The van der Waals surface area contributed by atoms with E-state index in [0.29, 0.717) is 0 Å². The Kier molecular flexibility index (Phi) is 6.48. The smallest absolute Gasteiger partial charge is 0.387 e. The number of benzene rings is 1. The van der Waals surface area contributed by atoms with E-state index in [0.717, 1.165) is 6.26 Å². The molecule has 0 saturated carbocycles. The van der Waals surface area contributed by atoms with Gasteiger partial charge in [0.25, 0.3) is 5.91 Å². The van der Waals surface area contributed by atoms with Crippen molar-refractivity contribution < 1.29 is 36.3 Å². The van der Waals surface area contributed by atoms with Crippen LogP contribution in [0.2, 0.25) is 0 Å². The minimum atomic E-state index is -3.31. The molecule has 0 bridgehead atoms. The normalized spacial score (nSPS) is 22.0. The van der Waals surface area contributed by atoms with Crippen molar-refractivity contribution in [3.63, 3.8) is 0 Å². The monoisotopic (exact) mass is 459 g/mol. The van der Waals surface area contributed by atoms with E-state index in [2.05, 4.69) is 4.74 Å². The van der Waals surface area contributed by atoms with Crippen molar-refractivity contribution in [2.45, 2.75) is 32.2 Å². The molecule has 2 fully saturated rings. The van der Waals surface area contributed by atoms with Crippen molar-refractivity contribution in [1.82, 2.24) is 14.7 Å². The molecule has 31 heavy (non-hydrogen) atoms. The van der Waals surface area contributed by atoms with Crippen LogP contribution in [0.4, 0.5) is 8.78 Å². The Labute approximate surface area is 178 Å². The molecule has 170 valence electrons. The molecule has 0 N–H and O–H groups in total. The number of ether oxygens (including phenoxy) is 1. The van der Waals surface area contributed by atoms with Gasteiger partial charge in [0.15, 0.2) is 0 Å². The number of fused-ring (bicyclic) bond motifs is 1. The Morgan fingerprint density at radius 3 is 2.45 bits per heavy atom. The van der Waals surface area contributed by atoms with Crippen LogP contribution in [0.25, 0.3) is 0 Å². The van der Waals surface area contributed by atoms with Gasteiger partial charge < -0.3 is 19.4 Å². The van der Waals surface area contributed by atoms with E-state index in [4.69, 9.17) is 0 Å². The highest BCUT2D eigenvalue weighted by Gasteiger charge is 2.47. The fraction of sp³-hybridized carbons (Fsp3) is 0.526. The summed E-state index contributed by atoms with van der Waals surface area (Å²) in [5.74, 6) is -1.40. The lowest BCUT2D eigenvalue weighted by Gasteiger charge is -2.51. The van der Waals surface area contributed by atoms with Gasteiger partial charge in [0, 0.05) is 31.3 Å². The predicted octanol–water partition coefficient (Wildman–Crippen LogP) is 0.564. The molecule has 1 aromatic carbocycles. The number of hydrogen-bond donors (Lipinski definition) is 0. The van der Waals surface area contributed by atoms with Gasteiger partial charge in [-0.05, 0) is 31.2 Å². The van der Waals surface area contributed by atoms with Gasteiger partial charge >= 0.3 is 6.61 Å². The van der Waals surface area contributed by atoms with Crippen LogP contribution < -0.4 is 4.74 Å². The summed E-state index contributed by atoms with van der Waals surface area (Å²) in [5.41, 5.74) is 0.211. The van der Waals surface area contributed by atoms with Gasteiger partial charge in [0.1, 0.15) is 27.8 Å². The van der Waals surface area contributed by atoms with E-state index in [1.807, 2.05) is 0 Å². The van der Waals surface area contributed by atoms with Crippen molar-refractivity contribution >= 4 is 27.6 Å². The first-order valence-corrected chi connectivity index (χ1v) is 11.7. The Hall–Kier alpha value is -2.76. The topological polar surface area (TPSA) is 104 Å². The summed E-state index contributed by atoms with van der Waals surface area (Å²) in [6.07, 6.45) is 0.354. The number of sulfone groups is 1. The van der Waals surface area contributed by atoms with Gasteiger partial charge in [0.05, 0.1) is 12.3 Å². The molecule has 9 nitrogen and oxygen atoms in total. The van der Waals surface area contributed by atoms with Crippen molar-refractivity contribution in [2.24, 2.45) is 0 Å². The Balaban J connectivity index is 1.83. The van der Waals surface area contributed by atoms with Gasteiger partial charge in [-0.3, -0.25) is 14.4 Å². The van der Waals surface area contributed by atoms with Crippen LogP contribution in [0.5, 0.6) is 5.75 Å². The molecule has 12 heteroatoms. The number of hydrogen-bond acceptors (Lipinski definition) is 6. The molecule has 2 saturated heterocycles. The third-order valence-electron chi connectivity index (χ3n) is 5.32. The highest BCUT2D eigenvalue weighted by Crippen LogP contribution is 2.27. The van der Waals surface area contributed by atoms with Crippen molar-refractivity contribution in [1.29, 1.82) is 0 Å². The maximum Gasteiger partial charge on any atom is 0.387 e. The zero-order valence-electron chi connectivity index (χ0n) is 17.0. The van der Waals surface area contributed by atoms with Crippen molar-refractivity contribution in [3.8, 4) is 5.75 Å². The van der Waals surface area contributed by atoms with E-state index in [1.165, 1.54) is 39.0 Å². The average Bonchev–Trinajstić information content (AvgIpc) is 2.68. The molecule has 0 radical (unpaired) electrons. The molecule has 2 unspecified atom stereocenters. The first-order chi connectivity index (χ1) is 14.5. The number of halogens is 2. The van der Waals surface area contributed by atoms with Gasteiger partial charge in [0.2, 0.25) is 11.8 Å². The first kappa shape index (κ1) is 22.9. The zero-order chi connectivity index (χ0) is 22.9. The maximum absolute atomic E-state index is 13.1. The summed E-state index contributed by atoms with van der Waals surface area (Å²) in [7, 11) is -3.31.